The van der Waals surface area contributed by atoms with E-state index in [0.29, 0.717) is 5.56 Å². The second-order valence-electron chi connectivity index (χ2n) is 6.58. The molecule has 0 spiro atoms. The molecular weight excluding hydrogens is 276 g/mol. The summed E-state index contributed by atoms with van der Waals surface area (Å²) in [5, 5.41) is 0. The van der Waals surface area contributed by atoms with Crippen molar-refractivity contribution < 1.29 is 14.3 Å². The van der Waals surface area contributed by atoms with Crippen LogP contribution >= 0.6 is 0 Å². The van der Waals surface area contributed by atoms with E-state index in [0.717, 1.165) is 11.1 Å². The average molecular weight is 296 g/mol. The fourth-order valence-corrected chi connectivity index (χ4v) is 2.86. The monoisotopic (exact) mass is 296 g/mol. The zero-order valence-corrected chi connectivity index (χ0v) is 13.3. The van der Waals surface area contributed by atoms with Gasteiger partial charge in [0.1, 0.15) is 0 Å². The molecule has 1 aliphatic rings. The first kappa shape index (κ1) is 14.8. The first-order chi connectivity index (χ1) is 10.4. The van der Waals surface area contributed by atoms with Crippen LogP contribution in [-0.2, 0) is 20.7 Å². The molecule has 3 nitrogen and oxygen atoms in total. The summed E-state index contributed by atoms with van der Waals surface area (Å²) in [6.07, 6.45) is 0. The summed E-state index contributed by atoms with van der Waals surface area (Å²) >= 11 is 0. The van der Waals surface area contributed by atoms with Crippen LogP contribution in [0.2, 0.25) is 0 Å². The summed E-state index contributed by atoms with van der Waals surface area (Å²) in [7, 11) is 1.56. The number of methoxy groups -OCH3 is 1. The lowest BCUT2D eigenvalue weighted by molar-refractivity contribution is -0.154. The Morgan fingerprint density at radius 3 is 2.23 bits per heavy atom. The number of ether oxygens (including phenoxy) is 2. The van der Waals surface area contributed by atoms with Crippen molar-refractivity contribution in [3.8, 4) is 0 Å². The van der Waals surface area contributed by atoms with E-state index in [1.165, 1.54) is 5.56 Å². The molecule has 3 heteroatoms. The van der Waals surface area contributed by atoms with E-state index >= 15 is 0 Å². The van der Waals surface area contributed by atoms with Crippen molar-refractivity contribution in [2.75, 3.05) is 7.11 Å². The third-order valence-corrected chi connectivity index (χ3v) is 4.16. The molecule has 1 heterocycles. The van der Waals surface area contributed by atoms with Crippen LogP contribution in [0.5, 0.6) is 0 Å². The number of hydrogen-bond acceptors (Lipinski definition) is 3. The van der Waals surface area contributed by atoms with Crippen LogP contribution in [0.15, 0.2) is 48.5 Å². The summed E-state index contributed by atoms with van der Waals surface area (Å²) in [4.78, 5) is 12.1. The zero-order chi connectivity index (χ0) is 16.0. The van der Waals surface area contributed by atoms with Gasteiger partial charge in [0.15, 0.2) is 0 Å². The number of fused-ring (bicyclic) bond motifs is 1. The Hall–Kier alpha value is -2.13. The summed E-state index contributed by atoms with van der Waals surface area (Å²) in [5.74, 6) is -1.50. The number of carbonyl (C=O) groups is 1. The molecule has 2 aromatic rings. The number of benzene rings is 2. The number of rotatable bonds is 2. The first-order valence-corrected chi connectivity index (χ1v) is 7.37. The molecule has 1 atom stereocenters. The normalized spacial score (nSPS) is 20.6. The fourth-order valence-electron chi connectivity index (χ4n) is 2.86. The molecule has 1 unspecified atom stereocenters. The van der Waals surface area contributed by atoms with Crippen molar-refractivity contribution in [1.82, 2.24) is 0 Å². The molecule has 114 valence electrons. The highest BCUT2D eigenvalue weighted by molar-refractivity contribution is 5.95. The molecule has 1 aliphatic heterocycles. The van der Waals surface area contributed by atoms with Crippen molar-refractivity contribution in [2.45, 2.75) is 32.0 Å². The Morgan fingerprint density at radius 1 is 1.00 bits per heavy atom. The highest BCUT2D eigenvalue weighted by Crippen LogP contribution is 2.42. The average Bonchev–Trinajstić information content (AvgIpc) is 2.81. The van der Waals surface area contributed by atoms with Gasteiger partial charge in [0.2, 0.25) is 0 Å². The summed E-state index contributed by atoms with van der Waals surface area (Å²) in [5.41, 5.74) is 3.43. The van der Waals surface area contributed by atoms with Gasteiger partial charge in [0, 0.05) is 18.2 Å². The highest BCUT2D eigenvalue weighted by Gasteiger charge is 2.47. The Bertz CT molecular complexity index is 710. The molecule has 0 bridgehead atoms. The lowest BCUT2D eigenvalue weighted by atomic mass is 9.85. The van der Waals surface area contributed by atoms with E-state index in [1.807, 2.05) is 30.3 Å². The molecule has 0 fully saturated rings. The molecule has 2 aromatic carbocycles. The SMILES string of the molecule is COC1(c2ccc(C(C)(C)C)cc2)OC(=O)c2ccccc21. The van der Waals surface area contributed by atoms with Crippen molar-refractivity contribution in [3.05, 3.63) is 70.8 Å². The largest absolute Gasteiger partial charge is 0.420 e. The maximum absolute atomic E-state index is 12.1. The van der Waals surface area contributed by atoms with Crippen LogP contribution in [0.25, 0.3) is 0 Å². The smallest absolute Gasteiger partial charge is 0.341 e. The molecule has 0 aliphatic carbocycles. The fraction of sp³-hybridized carbons (Fsp3) is 0.316. The van der Waals surface area contributed by atoms with E-state index in [1.54, 1.807) is 13.2 Å². The van der Waals surface area contributed by atoms with E-state index in [-0.39, 0.29) is 11.4 Å². The summed E-state index contributed by atoms with van der Waals surface area (Å²) < 4.78 is 11.3. The topological polar surface area (TPSA) is 35.5 Å². The Morgan fingerprint density at radius 2 is 1.64 bits per heavy atom. The van der Waals surface area contributed by atoms with Crippen LogP contribution < -0.4 is 0 Å². The Labute approximate surface area is 130 Å². The van der Waals surface area contributed by atoms with Gasteiger partial charge in [-0.1, -0.05) is 63.2 Å². The van der Waals surface area contributed by atoms with E-state index in [9.17, 15) is 4.79 Å². The summed E-state index contributed by atoms with van der Waals surface area (Å²) in [6.45, 7) is 6.50. The molecule has 0 aromatic heterocycles. The van der Waals surface area contributed by atoms with Crippen molar-refractivity contribution in [3.63, 3.8) is 0 Å². The number of carbonyl (C=O) groups excluding carboxylic acids is 1. The Balaban J connectivity index is 2.11. The molecule has 0 radical (unpaired) electrons. The second-order valence-corrected chi connectivity index (χ2v) is 6.58. The molecule has 3 rings (SSSR count). The van der Waals surface area contributed by atoms with Crippen molar-refractivity contribution >= 4 is 5.97 Å². The van der Waals surface area contributed by atoms with Crippen LogP contribution in [0.1, 0.15) is 47.8 Å². The quantitative estimate of drug-likeness (QED) is 0.786. The molecule has 0 saturated carbocycles. The van der Waals surface area contributed by atoms with Crippen LogP contribution in [0.3, 0.4) is 0 Å². The maximum atomic E-state index is 12.1. The second kappa shape index (κ2) is 4.96. The highest BCUT2D eigenvalue weighted by atomic mass is 16.7. The van der Waals surface area contributed by atoms with Gasteiger partial charge >= 0.3 is 5.97 Å². The van der Waals surface area contributed by atoms with Gasteiger partial charge in [-0.05, 0) is 17.0 Å². The van der Waals surface area contributed by atoms with Crippen LogP contribution in [-0.4, -0.2) is 13.1 Å². The molecular formula is C19H20O3. The molecule has 0 N–H and O–H groups in total. The molecule has 22 heavy (non-hydrogen) atoms. The first-order valence-electron chi connectivity index (χ1n) is 7.37. The van der Waals surface area contributed by atoms with Gasteiger partial charge in [0.25, 0.3) is 5.79 Å². The summed E-state index contributed by atoms with van der Waals surface area (Å²) in [6, 6.07) is 15.4. The van der Waals surface area contributed by atoms with Gasteiger partial charge in [-0.3, -0.25) is 0 Å². The maximum Gasteiger partial charge on any atom is 0.341 e. The minimum atomic E-state index is -1.15. The predicted molar refractivity (Wildman–Crippen MR) is 84.8 cm³/mol. The van der Waals surface area contributed by atoms with Crippen LogP contribution in [0, 0.1) is 0 Å². The molecule has 0 saturated heterocycles. The number of cyclic esters (lactones) is 1. The van der Waals surface area contributed by atoms with Crippen molar-refractivity contribution in [2.24, 2.45) is 0 Å². The van der Waals surface area contributed by atoms with E-state index < -0.39 is 5.79 Å². The number of esters is 1. The number of hydrogen-bond donors (Lipinski definition) is 0. The standard InChI is InChI=1S/C19H20O3/c1-18(2,3)13-9-11-14(12-10-13)19(21-4)16-8-6-5-7-15(16)17(20)22-19/h5-12H,1-4H3. The third-order valence-electron chi connectivity index (χ3n) is 4.16. The Kier molecular flexibility index (Phi) is 3.33. The van der Waals surface area contributed by atoms with Gasteiger partial charge in [-0.15, -0.1) is 0 Å². The third kappa shape index (κ3) is 2.13. The lowest BCUT2D eigenvalue weighted by Gasteiger charge is -2.28. The van der Waals surface area contributed by atoms with Gasteiger partial charge in [0.05, 0.1) is 5.56 Å². The van der Waals surface area contributed by atoms with Gasteiger partial charge in [-0.25, -0.2) is 4.79 Å². The van der Waals surface area contributed by atoms with Crippen LogP contribution in [0.4, 0.5) is 0 Å². The predicted octanol–water partition coefficient (Wildman–Crippen LogP) is 4.00. The molecule has 0 amide bonds. The van der Waals surface area contributed by atoms with Gasteiger partial charge in [-0.2, -0.15) is 0 Å². The van der Waals surface area contributed by atoms with E-state index in [4.69, 9.17) is 9.47 Å². The van der Waals surface area contributed by atoms with E-state index in [2.05, 4.69) is 32.9 Å². The lowest BCUT2D eigenvalue weighted by Crippen LogP contribution is -2.30. The minimum absolute atomic E-state index is 0.0724. The van der Waals surface area contributed by atoms with Gasteiger partial charge < -0.3 is 9.47 Å². The van der Waals surface area contributed by atoms with Crippen molar-refractivity contribution in [1.29, 1.82) is 0 Å². The minimum Gasteiger partial charge on any atom is -0.420 e. The zero-order valence-electron chi connectivity index (χ0n) is 13.3.